The Morgan fingerprint density at radius 3 is 1.21 bits per heavy atom. The molecule has 0 saturated carbocycles. The van der Waals surface area contributed by atoms with Crippen molar-refractivity contribution >= 4 is 151 Å². The summed E-state index contributed by atoms with van der Waals surface area (Å²) >= 11 is 12.6. The molecule has 0 atom stereocenters. The van der Waals surface area contributed by atoms with Crippen LogP contribution in [0, 0.1) is 6.92 Å². The largest absolute Gasteiger partial charge is 0.494 e. The molecule has 3 fully saturated rings. The molecule has 0 bridgehead atoms. The first-order chi connectivity index (χ1) is 54.1. The Hall–Kier alpha value is -13.2. The van der Waals surface area contributed by atoms with Gasteiger partial charge in [-0.1, -0.05) is 61.1 Å². The Bertz CT molecular complexity index is 4700. The first-order valence-electron chi connectivity index (χ1n) is 35.7. The number of piperazine rings is 2. The molecule has 582 valence electrons. The number of carbonyl (C=O) groups excluding carboxylic acids is 6. The van der Waals surface area contributed by atoms with E-state index < -0.39 is 0 Å². The summed E-state index contributed by atoms with van der Waals surface area (Å²) in [6, 6.07) is 38.9. The molecule has 3 aromatic heterocycles. The van der Waals surface area contributed by atoms with Crippen molar-refractivity contribution in [2.75, 3.05) is 157 Å². The molecule has 6 heterocycles. The molecule has 12 rings (SSSR count). The summed E-state index contributed by atoms with van der Waals surface area (Å²) in [7, 11) is 4.82. The maximum atomic E-state index is 11.8. The number of benzene rings is 6. The van der Waals surface area contributed by atoms with Gasteiger partial charge in [-0.3, -0.25) is 28.8 Å². The van der Waals surface area contributed by atoms with Crippen molar-refractivity contribution in [2.45, 2.75) is 34.1 Å². The average molecular weight is 1560 g/mol. The number of ether oxygens (including phenoxy) is 4. The third kappa shape index (κ3) is 22.7. The number of anilines is 16. The Kier molecular flexibility index (Phi) is 28.5. The first kappa shape index (κ1) is 81.3. The number of hydrogen-bond acceptors (Lipinski definition) is 24. The number of nitrogens with one attached hydrogen (secondary N) is 8. The van der Waals surface area contributed by atoms with Crippen LogP contribution in [0.1, 0.15) is 32.8 Å². The lowest BCUT2D eigenvalue weighted by atomic mass is 10.2. The molecular weight excluding hydrogens is 1470 g/mol. The zero-order valence-electron chi connectivity index (χ0n) is 63.1. The van der Waals surface area contributed by atoms with E-state index in [1.54, 1.807) is 96.8 Å². The highest BCUT2D eigenvalue weighted by Crippen LogP contribution is 2.38. The SMILES string of the molecule is C=CC(=O)Nc1cccc(Nc2nc(Nc3ccc(N4CCCN(C(C)=O)CC4)cc3OC)ncc2C)c1.C=CC(=O)Nc1cccc(Nc2nc(Nc3ccc(N4CCN(C(C)=O)CC4)cc3OC)ncc2Cl)c1.C=CC(=O)Nc1cccc(Oc2nc(Nc3ccc(N4CCN(C(C)=O)CC4)cc3OC)ncc2Cl)c1. The van der Waals surface area contributed by atoms with Crippen molar-refractivity contribution in [1.82, 2.24) is 44.6 Å². The summed E-state index contributed by atoms with van der Waals surface area (Å²) in [6.07, 6.45) is 9.20. The van der Waals surface area contributed by atoms with Gasteiger partial charge < -0.3 is 90.9 Å². The number of halogens is 2. The third-order valence-electron chi connectivity index (χ3n) is 17.9. The Balaban J connectivity index is 0.000000178. The quantitative estimate of drug-likeness (QED) is 0.0261. The second kappa shape index (κ2) is 39.2. The van der Waals surface area contributed by atoms with Crippen LogP contribution in [0.3, 0.4) is 0 Å². The second-order valence-corrected chi connectivity index (χ2v) is 26.3. The van der Waals surface area contributed by atoms with Crippen LogP contribution in [-0.4, -0.2) is 180 Å². The topological polar surface area (TPSA) is 332 Å². The van der Waals surface area contributed by atoms with Gasteiger partial charge in [0.2, 0.25) is 59.2 Å². The normalized spacial score (nSPS) is 13.2. The standard InChI is InChI=1S/C28H33N7O3.C26H28ClN7O3.C26H27ClN6O4/c1-5-26(37)30-21-8-6-9-22(16-21)31-27-19(2)18-29-28(33-27)32-24-11-10-23(17-25(24)38-4)35-13-7-12-34(14-15-35)20(3)36;1-4-24(36)29-18-6-5-7-19(14-18)30-25-21(27)16-28-26(32-25)31-22-9-8-20(15-23(22)37-3)34-12-10-33(11-13-34)17(2)35;1-4-24(35)29-18-6-5-7-20(14-18)37-25-21(27)16-28-26(31-25)30-22-9-8-19(15-23(22)36-3)33-12-10-32(11-13-33)17(2)34/h5-6,8-11,16-18H,1,7,12-15H2,2-4H3,(H,30,37)(H2,29,31,32,33);4-9,14-16H,1,10-13H2,2-3H3,(H,29,36)(H2,28,30,31,32);4-9,14-16H,1,10-13H2,2-3H3,(H,29,35)(H,28,30,31). The molecule has 3 aliphatic rings. The van der Waals surface area contributed by atoms with E-state index in [1.165, 1.54) is 30.6 Å². The van der Waals surface area contributed by atoms with Crippen LogP contribution in [0.5, 0.6) is 28.9 Å². The van der Waals surface area contributed by atoms with Gasteiger partial charge in [-0.05, 0) is 117 Å². The molecule has 6 amide bonds. The third-order valence-corrected chi connectivity index (χ3v) is 18.4. The fraction of sp³-hybridized carbons (Fsp3) is 0.250. The Morgan fingerprint density at radius 2 is 0.777 bits per heavy atom. The molecule has 3 saturated heterocycles. The van der Waals surface area contributed by atoms with Gasteiger partial charge in [-0.2, -0.15) is 15.0 Å². The summed E-state index contributed by atoms with van der Waals surface area (Å²) in [6.45, 7) is 26.0. The van der Waals surface area contributed by atoms with Gasteiger partial charge in [0.25, 0.3) is 0 Å². The van der Waals surface area contributed by atoms with E-state index in [0.29, 0.717) is 118 Å². The lowest BCUT2D eigenvalue weighted by Crippen LogP contribution is -2.48. The molecule has 0 spiro atoms. The van der Waals surface area contributed by atoms with E-state index >= 15 is 0 Å². The summed E-state index contributed by atoms with van der Waals surface area (Å²) in [5.41, 5.74) is 9.23. The lowest BCUT2D eigenvalue weighted by molar-refractivity contribution is -0.129. The molecule has 0 radical (unpaired) electrons. The van der Waals surface area contributed by atoms with E-state index in [4.69, 9.17) is 42.1 Å². The van der Waals surface area contributed by atoms with Gasteiger partial charge in [0, 0.05) is 181 Å². The fourth-order valence-corrected chi connectivity index (χ4v) is 12.2. The molecule has 32 heteroatoms. The maximum Gasteiger partial charge on any atom is 0.247 e. The number of aryl methyl sites for hydroxylation is 1. The van der Waals surface area contributed by atoms with E-state index in [0.717, 1.165) is 86.2 Å². The predicted octanol–water partition coefficient (Wildman–Crippen LogP) is 13.4. The Labute approximate surface area is 659 Å². The lowest BCUT2D eigenvalue weighted by Gasteiger charge is -2.35. The van der Waals surface area contributed by atoms with Gasteiger partial charge >= 0.3 is 0 Å². The number of nitrogens with zero attached hydrogens (tertiary/aromatic N) is 12. The zero-order valence-corrected chi connectivity index (χ0v) is 64.6. The minimum Gasteiger partial charge on any atom is -0.494 e. The van der Waals surface area contributed by atoms with E-state index in [9.17, 15) is 28.8 Å². The highest BCUT2D eigenvalue weighted by Gasteiger charge is 2.24. The van der Waals surface area contributed by atoms with Crippen LogP contribution in [0.4, 0.5) is 92.0 Å². The number of amides is 6. The highest BCUT2D eigenvalue weighted by molar-refractivity contribution is 6.33. The highest BCUT2D eigenvalue weighted by atomic mass is 35.5. The molecule has 30 nitrogen and oxygen atoms in total. The van der Waals surface area contributed by atoms with Crippen molar-refractivity contribution in [3.05, 3.63) is 200 Å². The molecule has 3 aliphatic heterocycles. The molecule has 0 unspecified atom stereocenters. The average Bonchev–Trinajstić information content (AvgIpc) is 1.30. The predicted molar refractivity (Wildman–Crippen MR) is 440 cm³/mol. The second-order valence-electron chi connectivity index (χ2n) is 25.4. The van der Waals surface area contributed by atoms with Crippen molar-refractivity contribution < 1.29 is 47.7 Å². The van der Waals surface area contributed by atoms with Gasteiger partial charge in [-0.25, -0.2) is 15.0 Å². The summed E-state index contributed by atoms with van der Waals surface area (Å²) in [5, 5.41) is 24.7. The number of aromatic nitrogens is 6. The number of methoxy groups -OCH3 is 3. The van der Waals surface area contributed by atoms with Crippen LogP contribution in [0.15, 0.2) is 184 Å². The number of rotatable bonds is 24. The van der Waals surface area contributed by atoms with E-state index in [2.05, 4.69) is 107 Å². The van der Waals surface area contributed by atoms with Crippen LogP contribution in [0.25, 0.3) is 0 Å². The fourth-order valence-electron chi connectivity index (χ4n) is 11.9. The molecule has 0 aliphatic carbocycles. The van der Waals surface area contributed by atoms with E-state index in [1.807, 2.05) is 100 Å². The van der Waals surface area contributed by atoms with Crippen LogP contribution < -0.4 is 76.2 Å². The number of carbonyl (C=O) groups is 6. The Morgan fingerprint density at radius 1 is 0.411 bits per heavy atom. The van der Waals surface area contributed by atoms with Gasteiger partial charge in [0.05, 0.1) is 50.8 Å². The van der Waals surface area contributed by atoms with Crippen molar-refractivity contribution in [2.24, 2.45) is 0 Å². The molecular formula is C80H88Cl2N20O10. The monoisotopic (exact) mass is 1560 g/mol. The van der Waals surface area contributed by atoms with Crippen LogP contribution >= 0.6 is 23.2 Å². The van der Waals surface area contributed by atoms with Crippen molar-refractivity contribution in [3.8, 4) is 28.9 Å². The molecule has 6 aromatic carbocycles. The van der Waals surface area contributed by atoms with Gasteiger partial charge in [-0.15, -0.1) is 0 Å². The minimum absolute atomic E-state index is 0.0928. The van der Waals surface area contributed by atoms with E-state index in [-0.39, 0.29) is 52.3 Å². The van der Waals surface area contributed by atoms with Gasteiger partial charge in [0.1, 0.15) is 38.9 Å². The first-order valence-corrected chi connectivity index (χ1v) is 36.4. The molecule has 112 heavy (non-hydrogen) atoms. The summed E-state index contributed by atoms with van der Waals surface area (Å²) < 4.78 is 22.8. The van der Waals surface area contributed by atoms with Crippen LogP contribution in [-0.2, 0) is 28.8 Å². The molecule has 8 N–H and O–H groups in total. The number of hydrogen-bond donors (Lipinski definition) is 8. The van der Waals surface area contributed by atoms with Crippen molar-refractivity contribution in [3.63, 3.8) is 0 Å². The summed E-state index contributed by atoms with van der Waals surface area (Å²) in [5.74, 6) is 3.89. The summed E-state index contributed by atoms with van der Waals surface area (Å²) in [4.78, 5) is 109. The maximum absolute atomic E-state index is 11.8. The smallest absolute Gasteiger partial charge is 0.247 e. The van der Waals surface area contributed by atoms with Gasteiger partial charge in [0.15, 0.2) is 5.82 Å². The minimum atomic E-state index is -0.331. The molecule has 9 aromatic rings. The van der Waals surface area contributed by atoms with Crippen molar-refractivity contribution in [1.29, 1.82) is 0 Å². The zero-order chi connectivity index (χ0) is 79.8. The van der Waals surface area contributed by atoms with Crippen LogP contribution in [0.2, 0.25) is 10.0 Å².